The predicted molar refractivity (Wildman–Crippen MR) is 79.5 cm³/mol. The minimum Gasteiger partial charge on any atom is -0.496 e. The summed E-state index contributed by atoms with van der Waals surface area (Å²) in [5.41, 5.74) is 0.234. The van der Waals surface area contributed by atoms with Gasteiger partial charge in [0.05, 0.1) is 7.11 Å². The van der Waals surface area contributed by atoms with E-state index in [0.717, 1.165) is 31.2 Å². The molecule has 0 radical (unpaired) electrons. The molecule has 4 heteroatoms. The van der Waals surface area contributed by atoms with Gasteiger partial charge in [-0.05, 0) is 50.8 Å². The molecule has 0 saturated heterocycles. The number of methoxy groups -OCH3 is 1. The molecule has 0 heterocycles. The molecule has 1 aromatic rings. The van der Waals surface area contributed by atoms with Crippen molar-refractivity contribution in [3.8, 4) is 5.75 Å². The monoisotopic (exact) mass is 296 g/mol. The lowest BCUT2D eigenvalue weighted by Crippen LogP contribution is -2.40. The van der Waals surface area contributed by atoms with Crippen molar-refractivity contribution in [1.82, 2.24) is 0 Å². The zero-order chi connectivity index (χ0) is 14.6. The maximum Gasteiger partial charge on any atom is 0.169 e. The first-order valence-corrected chi connectivity index (χ1v) is 7.49. The highest BCUT2D eigenvalue weighted by molar-refractivity contribution is 6.30. The van der Waals surface area contributed by atoms with Crippen LogP contribution in [0, 0.1) is 0 Å². The Morgan fingerprint density at radius 2 is 2.05 bits per heavy atom. The van der Waals surface area contributed by atoms with E-state index in [2.05, 4.69) is 0 Å². The number of carbonyl (C=O) groups excluding carboxylic acids is 1. The molecule has 0 amide bonds. The van der Waals surface area contributed by atoms with Crippen LogP contribution in [0.2, 0.25) is 5.02 Å². The quantitative estimate of drug-likeness (QED) is 0.801. The zero-order valence-corrected chi connectivity index (χ0v) is 12.8. The third-order valence-corrected chi connectivity index (χ3v) is 4.17. The Balaban J connectivity index is 2.20. The molecular weight excluding hydrogens is 276 g/mol. The van der Waals surface area contributed by atoms with Crippen molar-refractivity contribution in [1.29, 1.82) is 0 Å². The number of halogens is 1. The van der Waals surface area contributed by atoms with Gasteiger partial charge in [0.1, 0.15) is 11.4 Å². The van der Waals surface area contributed by atoms with Crippen LogP contribution in [0.5, 0.6) is 5.75 Å². The van der Waals surface area contributed by atoms with Crippen LogP contribution in [0.25, 0.3) is 0 Å². The van der Waals surface area contributed by atoms with Crippen molar-refractivity contribution in [2.24, 2.45) is 0 Å². The van der Waals surface area contributed by atoms with Crippen LogP contribution >= 0.6 is 11.6 Å². The van der Waals surface area contributed by atoms with Crippen LogP contribution < -0.4 is 4.74 Å². The Morgan fingerprint density at radius 1 is 1.35 bits per heavy atom. The Bertz CT molecular complexity index is 479. The second kappa shape index (κ2) is 6.59. The third-order valence-electron chi connectivity index (χ3n) is 3.93. The molecule has 20 heavy (non-hydrogen) atoms. The second-order valence-electron chi connectivity index (χ2n) is 5.19. The van der Waals surface area contributed by atoms with E-state index in [-0.39, 0.29) is 5.78 Å². The molecule has 0 unspecified atom stereocenters. The van der Waals surface area contributed by atoms with E-state index in [1.54, 1.807) is 25.3 Å². The van der Waals surface area contributed by atoms with Gasteiger partial charge in [-0.3, -0.25) is 4.79 Å². The Hall–Kier alpha value is -1.06. The average molecular weight is 297 g/mol. The van der Waals surface area contributed by atoms with Gasteiger partial charge in [-0.1, -0.05) is 11.6 Å². The highest BCUT2D eigenvalue weighted by Crippen LogP contribution is 2.36. The van der Waals surface area contributed by atoms with Gasteiger partial charge in [-0.15, -0.1) is 0 Å². The largest absolute Gasteiger partial charge is 0.496 e. The summed E-state index contributed by atoms with van der Waals surface area (Å²) < 4.78 is 11.1. The fraction of sp³-hybridized carbons (Fsp3) is 0.562. The molecule has 1 saturated carbocycles. The number of ketones is 1. The number of hydrogen-bond acceptors (Lipinski definition) is 3. The first-order chi connectivity index (χ1) is 9.61. The van der Waals surface area contributed by atoms with Crippen molar-refractivity contribution in [3.05, 3.63) is 28.8 Å². The number of rotatable bonds is 6. The van der Waals surface area contributed by atoms with E-state index in [1.165, 1.54) is 0 Å². The number of benzene rings is 1. The highest BCUT2D eigenvalue weighted by atomic mass is 35.5. The van der Waals surface area contributed by atoms with E-state index in [1.807, 2.05) is 6.92 Å². The summed E-state index contributed by atoms with van der Waals surface area (Å²) >= 11 is 6.01. The number of carbonyl (C=O) groups is 1. The van der Waals surface area contributed by atoms with Crippen LogP contribution in [0.3, 0.4) is 0 Å². The van der Waals surface area contributed by atoms with Gasteiger partial charge in [0.2, 0.25) is 0 Å². The second-order valence-corrected chi connectivity index (χ2v) is 5.63. The lowest BCUT2D eigenvalue weighted by Gasteiger charge is -2.27. The van der Waals surface area contributed by atoms with Crippen LogP contribution in [0.1, 0.15) is 38.2 Å². The summed E-state index contributed by atoms with van der Waals surface area (Å²) in [5.74, 6) is 0.838. The molecular formula is C16H21ClO3. The third kappa shape index (κ3) is 3.15. The summed E-state index contributed by atoms with van der Waals surface area (Å²) in [4.78, 5) is 12.7. The summed E-state index contributed by atoms with van der Waals surface area (Å²) in [7, 11) is 1.60. The molecule has 0 spiro atoms. The zero-order valence-electron chi connectivity index (χ0n) is 12.1. The maximum atomic E-state index is 12.7. The summed E-state index contributed by atoms with van der Waals surface area (Å²) in [6.45, 7) is 2.51. The van der Waals surface area contributed by atoms with E-state index in [9.17, 15) is 4.79 Å². The molecule has 0 N–H and O–H groups in total. The average Bonchev–Trinajstić information content (AvgIpc) is 2.89. The van der Waals surface area contributed by atoms with Gasteiger partial charge in [0.15, 0.2) is 5.78 Å². The van der Waals surface area contributed by atoms with E-state index >= 15 is 0 Å². The number of hydrogen-bond donors (Lipinski definition) is 0. The van der Waals surface area contributed by atoms with Crippen molar-refractivity contribution in [2.45, 2.75) is 44.6 Å². The lowest BCUT2D eigenvalue weighted by molar-refractivity contribution is -0.142. The van der Waals surface area contributed by atoms with Crippen LogP contribution in [-0.4, -0.2) is 25.1 Å². The van der Waals surface area contributed by atoms with Gasteiger partial charge < -0.3 is 9.47 Å². The molecule has 1 fully saturated rings. The molecule has 0 aliphatic heterocycles. The van der Waals surface area contributed by atoms with Crippen molar-refractivity contribution in [3.63, 3.8) is 0 Å². The Kier molecular flexibility index (Phi) is 5.06. The minimum absolute atomic E-state index is 0.136. The Morgan fingerprint density at radius 3 is 2.65 bits per heavy atom. The van der Waals surface area contributed by atoms with Crippen LogP contribution in [-0.2, 0) is 16.0 Å². The first-order valence-electron chi connectivity index (χ1n) is 7.11. The van der Waals surface area contributed by atoms with Gasteiger partial charge in [-0.25, -0.2) is 0 Å². The van der Waals surface area contributed by atoms with E-state index < -0.39 is 5.60 Å². The van der Waals surface area contributed by atoms with Gasteiger partial charge in [0, 0.05) is 23.6 Å². The normalized spacial score (nSPS) is 17.1. The molecule has 1 aliphatic carbocycles. The van der Waals surface area contributed by atoms with Gasteiger partial charge >= 0.3 is 0 Å². The molecule has 0 aromatic heterocycles. The van der Waals surface area contributed by atoms with Crippen LogP contribution in [0.15, 0.2) is 18.2 Å². The lowest BCUT2D eigenvalue weighted by atomic mass is 9.91. The van der Waals surface area contributed by atoms with Gasteiger partial charge in [-0.2, -0.15) is 0 Å². The summed E-state index contributed by atoms with van der Waals surface area (Å²) in [5, 5.41) is 0.616. The van der Waals surface area contributed by atoms with E-state index in [4.69, 9.17) is 21.1 Å². The predicted octanol–water partition coefficient (Wildman–Crippen LogP) is 3.81. The van der Waals surface area contributed by atoms with E-state index in [0.29, 0.717) is 23.8 Å². The summed E-state index contributed by atoms with van der Waals surface area (Å²) in [6, 6.07) is 5.36. The SMILES string of the molecule is CCOC1(C(=O)Cc2cc(Cl)ccc2OC)CCCC1. The first kappa shape index (κ1) is 15.3. The number of Topliss-reactive ketones (excluding diaryl/α,β-unsaturated/α-hetero) is 1. The van der Waals surface area contributed by atoms with Gasteiger partial charge in [0.25, 0.3) is 0 Å². The minimum atomic E-state index is -0.595. The molecule has 0 atom stereocenters. The number of ether oxygens (including phenoxy) is 2. The highest BCUT2D eigenvalue weighted by Gasteiger charge is 2.41. The van der Waals surface area contributed by atoms with Crippen molar-refractivity contribution >= 4 is 17.4 Å². The molecule has 0 bridgehead atoms. The smallest absolute Gasteiger partial charge is 0.169 e. The Labute approximate surface area is 125 Å². The maximum absolute atomic E-state index is 12.7. The molecule has 2 rings (SSSR count). The van der Waals surface area contributed by atoms with Crippen molar-refractivity contribution < 1.29 is 14.3 Å². The fourth-order valence-electron chi connectivity index (χ4n) is 2.95. The topological polar surface area (TPSA) is 35.5 Å². The molecule has 3 nitrogen and oxygen atoms in total. The molecule has 110 valence electrons. The standard InChI is InChI=1S/C16H21ClO3/c1-3-20-16(8-4-5-9-16)15(18)11-12-10-13(17)6-7-14(12)19-2/h6-7,10H,3-5,8-9,11H2,1-2H3. The molecule has 1 aromatic carbocycles. The van der Waals surface area contributed by atoms with Crippen LogP contribution in [0.4, 0.5) is 0 Å². The fourth-order valence-corrected chi connectivity index (χ4v) is 3.14. The molecule has 1 aliphatic rings. The van der Waals surface area contributed by atoms with Crippen molar-refractivity contribution in [2.75, 3.05) is 13.7 Å². The summed E-state index contributed by atoms with van der Waals surface area (Å²) in [6.07, 6.45) is 4.06.